The van der Waals surface area contributed by atoms with Crippen LogP contribution in [0.3, 0.4) is 0 Å². The van der Waals surface area contributed by atoms with Crippen LogP contribution in [0.5, 0.6) is 0 Å². The number of hydrogen-bond donors (Lipinski definition) is 2. The Morgan fingerprint density at radius 1 is 0.769 bits per heavy atom. The summed E-state index contributed by atoms with van der Waals surface area (Å²) in [6.45, 7) is 7.89. The number of ether oxygens (including phenoxy) is 1. The normalized spacial score (nSPS) is 14.4. The number of sulfonamides is 1. The number of carbonyl (C=O) groups excluding carboxylic acids is 1. The first-order valence-electron chi connectivity index (χ1n) is 18.0. The van der Waals surface area contributed by atoms with Crippen LogP contribution in [0, 0.1) is 0 Å². The van der Waals surface area contributed by atoms with E-state index in [0.717, 1.165) is 77.9 Å². The average Bonchev–Trinajstić information content (AvgIpc) is 3.18. The minimum Gasteiger partial charge on any atom is -0.379 e. The van der Waals surface area contributed by atoms with Gasteiger partial charge in [-0.05, 0) is 64.1 Å². The molecule has 0 bridgehead atoms. The van der Waals surface area contributed by atoms with Gasteiger partial charge in [-0.2, -0.15) is 4.31 Å². The summed E-state index contributed by atoms with van der Waals surface area (Å²) < 4.78 is 35.3. The lowest BCUT2D eigenvalue weighted by atomic mass is 10.00. The minimum absolute atomic E-state index is 0.159. The Bertz CT molecular complexity index is 2000. The monoisotopic (exact) mass is 719 g/mol. The Labute approximate surface area is 308 Å². The van der Waals surface area contributed by atoms with E-state index in [0.29, 0.717) is 19.6 Å². The molecular weight excluding hydrogens is 671 g/mol. The highest BCUT2D eigenvalue weighted by molar-refractivity contribution is 7.89. The molecule has 9 nitrogen and oxygen atoms in total. The summed E-state index contributed by atoms with van der Waals surface area (Å²) in [5, 5.41) is 5.49. The molecule has 1 aliphatic heterocycles. The molecule has 10 heteroatoms. The number of carbonyl (C=O) groups is 1. The van der Waals surface area contributed by atoms with Gasteiger partial charge in [0.15, 0.2) is 0 Å². The molecule has 1 heterocycles. The number of urea groups is 1. The molecule has 0 spiro atoms. The van der Waals surface area contributed by atoms with Crippen LogP contribution in [0.2, 0.25) is 0 Å². The summed E-state index contributed by atoms with van der Waals surface area (Å²) in [7, 11) is -3.87. The molecule has 272 valence electrons. The molecule has 5 aromatic carbocycles. The van der Waals surface area contributed by atoms with Crippen molar-refractivity contribution in [2.24, 2.45) is 5.73 Å². The molecule has 0 unspecified atom stereocenters. The predicted octanol–water partition coefficient (Wildman–Crippen LogP) is 6.68. The summed E-state index contributed by atoms with van der Waals surface area (Å²) in [4.78, 5) is 18.3. The van der Waals surface area contributed by atoms with E-state index in [2.05, 4.69) is 34.5 Å². The first-order chi connectivity index (χ1) is 25.3. The highest BCUT2D eigenvalue weighted by atomic mass is 32.2. The van der Waals surface area contributed by atoms with Crippen molar-refractivity contribution in [2.45, 2.75) is 50.5 Å². The fourth-order valence-corrected chi connectivity index (χ4v) is 8.09. The van der Waals surface area contributed by atoms with Crippen LogP contribution < -0.4 is 11.1 Å². The van der Waals surface area contributed by atoms with Gasteiger partial charge >= 0.3 is 6.03 Å². The van der Waals surface area contributed by atoms with Gasteiger partial charge in [-0.25, -0.2) is 13.2 Å². The van der Waals surface area contributed by atoms with Gasteiger partial charge in [0.2, 0.25) is 10.0 Å². The van der Waals surface area contributed by atoms with Gasteiger partial charge in [-0.3, -0.25) is 4.90 Å². The second-order valence-corrected chi connectivity index (χ2v) is 15.3. The molecule has 5 aromatic rings. The fourth-order valence-electron chi connectivity index (χ4n) is 6.68. The number of nitrogens with zero attached hydrogens (tertiary/aromatic N) is 3. The topological polar surface area (TPSA) is 108 Å². The van der Waals surface area contributed by atoms with E-state index in [4.69, 9.17) is 10.5 Å². The average molecular weight is 720 g/mol. The van der Waals surface area contributed by atoms with Crippen molar-refractivity contribution in [2.75, 3.05) is 39.4 Å². The second kappa shape index (κ2) is 17.8. The van der Waals surface area contributed by atoms with E-state index in [9.17, 15) is 13.2 Å². The van der Waals surface area contributed by atoms with E-state index in [1.807, 2.05) is 96.8 Å². The number of nitrogens with one attached hydrogen (secondary N) is 1. The number of nitrogens with two attached hydrogens (primary N) is 1. The zero-order valence-corrected chi connectivity index (χ0v) is 30.7. The van der Waals surface area contributed by atoms with Crippen LogP contribution in [-0.4, -0.2) is 67.9 Å². The Balaban J connectivity index is 1.19. The number of fused-ring (bicyclic) bond motifs is 1. The third kappa shape index (κ3) is 9.64. The van der Waals surface area contributed by atoms with Crippen LogP contribution in [0.1, 0.15) is 47.2 Å². The molecular formula is C42H49N5O4S. The van der Waals surface area contributed by atoms with Gasteiger partial charge in [-0.15, -0.1) is 0 Å². The van der Waals surface area contributed by atoms with E-state index in [-0.39, 0.29) is 30.1 Å². The van der Waals surface area contributed by atoms with Crippen LogP contribution >= 0.6 is 0 Å². The minimum atomic E-state index is -3.87. The lowest BCUT2D eigenvalue weighted by Gasteiger charge is -2.29. The Morgan fingerprint density at radius 3 is 2.08 bits per heavy atom. The highest BCUT2D eigenvalue weighted by Crippen LogP contribution is 2.25. The van der Waals surface area contributed by atoms with Crippen LogP contribution in [0.25, 0.3) is 10.8 Å². The molecule has 3 N–H and O–H groups in total. The Kier molecular flexibility index (Phi) is 12.7. The van der Waals surface area contributed by atoms with Crippen molar-refractivity contribution < 1.29 is 17.9 Å². The smallest absolute Gasteiger partial charge is 0.318 e. The number of hydrogen-bond acceptors (Lipinski definition) is 6. The first-order valence-corrected chi connectivity index (χ1v) is 19.5. The number of rotatable bonds is 15. The van der Waals surface area contributed by atoms with Crippen molar-refractivity contribution >= 4 is 26.8 Å². The molecule has 1 fully saturated rings. The van der Waals surface area contributed by atoms with E-state index in [1.54, 1.807) is 12.1 Å². The maximum Gasteiger partial charge on any atom is 0.318 e. The molecule has 0 saturated carbocycles. The summed E-state index contributed by atoms with van der Waals surface area (Å²) in [5.74, 6) is 0. The third-order valence-electron chi connectivity index (χ3n) is 9.68. The van der Waals surface area contributed by atoms with Crippen LogP contribution in [-0.2, 0) is 40.9 Å². The van der Waals surface area contributed by atoms with Crippen molar-refractivity contribution in [1.82, 2.24) is 19.4 Å². The van der Waals surface area contributed by atoms with Gasteiger partial charge in [-0.1, -0.05) is 109 Å². The molecule has 52 heavy (non-hydrogen) atoms. The summed E-state index contributed by atoms with van der Waals surface area (Å²) >= 11 is 0. The van der Waals surface area contributed by atoms with E-state index < -0.39 is 10.0 Å². The molecule has 1 aliphatic rings. The second-order valence-electron chi connectivity index (χ2n) is 13.4. The first kappa shape index (κ1) is 37.2. The van der Waals surface area contributed by atoms with Crippen molar-refractivity contribution in [3.8, 4) is 0 Å². The largest absolute Gasteiger partial charge is 0.379 e. The molecule has 0 aromatic heterocycles. The van der Waals surface area contributed by atoms with Crippen molar-refractivity contribution in [1.29, 1.82) is 0 Å². The number of amides is 2. The molecule has 2 amide bonds. The number of morpholine rings is 1. The lowest BCUT2D eigenvalue weighted by Crippen LogP contribution is -2.43. The quantitative estimate of drug-likeness (QED) is 0.125. The molecule has 0 aliphatic carbocycles. The van der Waals surface area contributed by atoms with Crippen LogP contribution in [0.15, 0.2) is 126 Å². The highest BCUT2D eigenvalue weighted by Gasteiger charge is 2.26. The molecule has 1 saturated heterocycles. The van der Waals surface area contributed by atoms with E-state index in [1.165, 1.54) is 4.31 Å². The lowest BCUT2D eigenvalue weighted by molar-refractivity contribution is 0.0364. The van der Waals surface area contributed by atoms with Gasteiger partial charge < -0.3 is 20.7 Å². The van der Waals surface area contributed by atoms with Gasteiger partial charge in [0.1, 0.15) is 0 Å². The molecule has 1 atom stereocenters. The zero-order chi connectivity index (χ0) is 36.3. The standard InChI is InChI=1S/C42H49N5O4S/c1-33(40-14-7-12-38-11-5-6-13-41(38)40)44-42(48)46(24-8-23-45-25-27-51-28-26-45)30-36-19-21-39(22-20-36)52(49,50)47(31-35-9-3-2-4-10-35)32-37-17-15-34(29-43)16-18-37/h2-7,9-22,33H,8,23-32,43H2,1H3,(H,44,48)/t33-/m0/s1. The van der Waals surface area contributed by atoms with Gasteiger partial charge in [0.05, 0.1) is 24.2 Å². The Hall–Kier alpha value is -4.58. The van der Waals surface area contributed by atoms with E-state index >= 15 is 0 Å². The van der Waals surface area contributed by atoms with Crippen LogP contribution in [0.4, 0.5) is 4.79 Å². The van der Waals surface area contributed by atoms with Crippen molar-refractivity contribution in [3.63, 3.8) is 0 Å². The maximum absolute atomic E-state index is 14.2. The summed E-state index contributed by atoms with van der Waals surface area (Å²) in [6.07, 6.45) is 0.809. The predicted molar refractivity (Wildman–Crippen MR) is 207 cm³/mol. The van der Waals surface area contributed by atoms with Crippen molar-refractivity contribution in [3.05, 3.63) is 149 Å². The Morgan fingerprint density at radius 2 is 1.37 bits per heavy atom. The third-order valence-corrected chi connectivity index (χ3v) is 11.5. The summed E-state index contributed by atoms with van der Waals surface area (Å²) in [6, 6.07) is 38.3. The number of benzene rings is 5. The van der Waals surface area contributed by atoms with Gasteiger partial charge in [0.25, 0.3) is 0 Å². The SMILES string of the molecule is C[C@H](NC(=O)N(CCCN1CCOCC1)Cc1ccc(S(=O)(=O)N(Cc2ccccc2)Cc2ccc(CN)cc2)cc1)c1cccc2ccccc12. The fraction of sp³-hybridized carbons (Fsp3) is 0.310. The molecule has 6 rings (SSSR count). The summed E-state index contributed by atoms with van der Waals surface area (Å²) in [5.41, 5.74) is 10.5. The maximum atomic E-state index is 14.2. The molecule has 0 radical (unpaired) electrons. The van der Waals surface area contributed by atoms with Gasteiger partial charge in [0, 0.05) is 52.4 Å². The zero-order valence-electron chi connectivity index (χ0n) is 29.9.